The fraction of sp³-hybridized carbons (Fsp3) is 0.750. The quantitative estimate of drug-likeness (QED) is 0.899. The van der Waals surface area contributed by atoms with Crippen LogP contribution in [-0.4, -0.2) is 47.3 Å². The third kappa shape index (κ3) is 3.28. The summed E-state index contributed by atoms with van der Waals surface area (Å²) in [6.45, 7) is 8.49. The molecule has 1 aromatic heterocycles. The Bertz CT molecular complexity index is 507. The van der Waals surface area contributed by atoms with Crippen molar-refractivity contribution in [1.82, 2.24) is 20.0 Å². The van der Waals surface area contributed by atoms with Crippen molar-refractivity contribution < 1.29 is 4.79 Å². The lowest BCUT2D eigenvalue weighted by atomic mass is 9.90. The molecule has 1 aliphatic carbocycles. The Hall–Kier alpha value is -1.36. The van der Waals surface area contributed by atoms with Crippen molar-refractivity contribution in [2.45, 2.75) is 52.6 Å². The summed E-state index contributed by atoms with van der Waals surface area (Å²) in [5.41, 5.74) is 3.03. The van der Waals surface area contributed by atoms with Crippen molar-refractivity contribution in [3.05, 3.63) is 17.0 Å². The molecule has 118 valence electrons. The maximum absolute atomic E-state index is 12.1. The van der Waals surface area contributed by atoms with Gasteiger partial charge in [0.2, 0.25) is 0 Å². The van der Waals surface area contributed by atoms with Crippen LogP contribution in [0.4, 0.5) is 0 Å². The van der Waals surface area contributed by atoms with Crippen molar-refractivity contribution in [3.8, 4) is 0 Å². The molecule has 5 heteroatoms. The number of hydrogen-bond donors (Lipinski definition) is 1. The van der Waals surface area contributed by atoms with Crippen LogP contribution in [0.15, 0.2) is 0 Å². The van der Waals surface area contributed by atoms with Gasteiger partial charge in [0, 0.05) is 37.4 Å². The van der Waals surface area contributed by atoms with Gasteiger partial charge >= 0.3 is 0 Å². The first-order chi connectivity index (χ1) is 9.97. The Labute approximate surface area is 127 Å². The molecule has 0 bridgehead atoms. The summed E-state index contributed by atoms with van der Waals surface area (Å²) in [7, 11) is 3.87. The average Bonchev–Trinajstić information content (AvgIpc) is 2.83. The molecule has 2 rings (SSSR count). The van der Waals surface area contributed by atoms with Crippen molar-refractivity contribution >= 4 is 5.91 Å². The average molecular weight is 292 g/mol. The van der Waals surface area contributed by atoms with Gasteiger partial charge in [0.05, 0.1) is 0 Å². The van der Waals surface area contributed by atoms with E-state index in [1.54, 1.807) is 7.05 Å². The van der Waals surface area contributed by atoms with E-state index in [4.69, 9.17) is 0 Å². The minimum atomic E-state index is -0.0642. The number of fused-ring (bicyclic) bond motifs is 1. The van der Waals surface area contributed by atoms with Crippen LogP contribution in [0.2, 0.25) is 0 Å². The number of aryl methyl sites for hydroxylation is 1. The van der Waals surface area contributed by atoms with E-state index in [2.05, 4.69) is 43.1 Å². The van der Waals surface area contributed by atoms with Gasteiger partial charge in [-0.25, -0.2) is 0 Å². The van der Waals surface area contributed by atoms with E-state index in [1.165, 1.54) is 5.69 Å². The Morgan fingerprint density at radius 2 is 2.24 bits per heavy atom. The predicted molar refractivity (Wildman–Crippen MR) is 84.6 cm³/mol. The first-order valence-corrected chi connectivity index (χ1v) is 7.98. The van der Waals surface area contributed by atoms with Crippen LogP contribution in [0.3, 0.4) is 0 Å². The second-order valence-corrected chi connectivity index (χ2v) is 6.40. The Morgan fingerprint density at radius 1 is 1.52 bits per heavy atom. The van der Waals surface area contributed by atoms with E-state index < -0.39 is 0 Å². The van der Waals surface area contributed by atoms with Crippen LogP contribution < -0.4 is 5.32 Å². The third-order valence-electron chi connectivity index (χ3n) is 4.34. The summed E-state index contributed by atoms with van der Waals surface area (Å²) in [6, 6.07) is 0.512. The molecule has 1 aliphatic rings. The maximum Gasteiger partial charge on any atom is 0.271 e. The number of aromatic nitrogens is 2. The van der Waals surface area contributed by atoms with Gasteiger partial charge in [0.1, 0.15) is 0 Å². The van der Waals surface area contributed by atoms with Crippen molar-refractivity contribution in [1.29, 1.82) is 0 Å². The molecule has 0 spiro atoms. The standard InChI is InChI=1S/C16H28N4O/c1-6-20-14-8-7-12(19(5)10-11(2)3)9-13(14)15(18-20)16(21)17-4/h11-12H,6-10H2,1-5H3,(H,17,21). The molecule has 1 N–H and O–H groups in total. The van der Waals surface area contributed by atoms with E-state index in [1.807, 2.05) is 4.68 Å². The molecule has 1 aromatic rings. The number of rotatable bonds is 5. The summed E-state index contributed by atoms with van der Waals surface area (Å²) in [6.07, 6.45) is 3.09. The van der Waals surface area contributed by atoms with Crippen LogP contribution in [0.1, 0.15) is 48.9 Å². The molecular formula is C16H28N4O. The largest absolute Gasteiger partial charge is 0.354 e. The molecule has 1 heterocycles. The van der Waals surface area contributed by atoms with E-state index >= 15 is 0 Å². The lowest BCUT2D eigenvalue weighted by molar-refractivity contribution is 0.0955. The lowest BCUT2D eigenvalue weighted by Gasteiger charge is -2.32. The third-order valence-corrected chi connectivity index (χ3v) is 4.34. The highest BCUT2D eigenvalue weighted by Gasteiger charge is 2.30. The van der Waals surface area contributed by atoms with Crippen LogP contribution in [-0.2, 0) is 19.4 Å². The number of hydrogen-bond acceptors (Lipinski definition) is 3. The molecular weight excluding hydrogens is 264 g/mol. The Kier molecular flexibility index (Phi) is 5.04. The fourth-order valence-electron chi connectivity index (χ4n) is 3.33. The topological polar surface area (TPSA) is 50.2 Å². The fourth-order valence-corrected chi connectivity index (χ4v) is 3.33. The highest BCUT2D eigenvalue weighted by atomic mass is 16.1. The van der Waals surface area contributed by atoms with Gasteiger partial charge < -0.3 is 10.2 Å². The van der Waals surface area contributed by atoms with Crippen LogP contribution >= 0.6 is 0 Å². The van der Waals surface area contributed by atoms with Gasteiger partial charge in [-0.05, 0) is 39.2 Å². The van der Waals surface area contributed by atoms with E-state index in [9.17, 15) is 4.79 Å². The second kappa shape index (κ2) is 6.60. The van der Waals surface area contributed by atoms with E-state index in [0.29, 0.717) is 17.7 Å². The molecule has 1 unspecified atom stereocenters. The molecule has 1 atom stereocenters. The predicted octanol–water partition coefficient (Wildman–Crippen LogP) is 1.71. The first kappa shape index (κ1) is 16.0. The zero-order valence-electron chi connectivity index (χ0n) is 13.9. The number of amides is 1. The molecule has 21 heavy (non-hydrogen) atoms. The number of carbonyl (C=O) groups is 1. The first-order valence-electron chi connectivity index (χ1n) is 7.98. The zero-order valence-corrected chi connectivity index (χ0v) is 13.9. The van der Waals surface area contributed by atoms with Gasteiger partial charge in [0.15, 0.2) is 5.69 Å². The number of nitrogens with one attached hydrogen (secondary N) is 1. The number of carbonyl (C=O) groups excluding carboxylic acids is 1. The molecule has 0 radical (unpaired) electrons. The van der Waals surface area contributed by atoms with Crippen LogP contribution in [0.5, 0.6) is 0 Å². The minimum absolute atomic E-state index is 0.0642. The van der Waals surface area contributed by atoms with Crippen LogP contribution in [0, 0.1) is 5.92 Å². The summed E-state index contributed by atoms with van der Waals surface area (Å²) in [4.78, 5) is 14.5. The normalized spacial score (nSPS) is 18.1. The van der Waals surface area contributed by atoms with Gasteiger partial charge in [0.25, 0.3) is 5.91 Å². The summed E-state index contributed by atoms with van der Waals surface area (Å²) < 4.78 is 2.00. The van der Waals surface area contributed by atoms with Crippen molar-refractivity contribution in [2.75, 3.05) is 20.6 Å². The Balaban J connectivity index is 2.26. The molecule has 1 amide bonds. The van der Waals surface area contributed by atoms with E-state index in [-0.39, 0.29) is 5.91 Å². The van der Waals surface area contributed by atoms with Crippen molar-refractivity contribution in [2.24, 2.45) is 5.92 Å². The number of likely N-dealkylation sites (N-methyl/N-ethyl adjacent to an activating group) is 1. The highest BCUT2D eigenvalue weighted by molar-refractivity contribution is 5.93. The van der Waals surface area contributed by atoms with Gasteiger partial charge in [-0.15, -0.1) is 0 Å². The zero-order chi connectivity index (χ0) is 15.6. The SMILES string of the molecule is CCn1nc(C(=O)NC)c2c1CCC(N(C)CC(C)C)C2. The van der Waals surface area contributed by atoms with Gasteiger partial charge in [-0.2, -0.15) is 5.10 Å². The van der Waals surface area contributed by atoms with Gasteiger partial charge in [-0.1, -0.05) is 13.8 Å². The lowest BCUT2D eigenvalue weighted by Crippen LogP contribution is -2.39. The molecule has 5 nitrogen and oxygen atoms in total. The highest BCUT2D eigenvalue weighted by Crippen LogP contribution is 2.27. The monoisotopic (exact) mass is 292 g/mol. The van der Waals surface area contributed by atoms with Crippen molar-refractivity contribution in [3.63, 3.8) is 0 Å². The molecule has 0 aliphatic heterocycles. The van der Waals surface area contributed by atoms with Gasteiger partial charge in [-0.3, -0.25) is 9.48 Å². The number of nitrogens with zero attached hydrogens (tertiary/aromatic N) is 3. The smallest absolute Gasteiger partial charge is 0.271 e. The molecule has 0 fully saturated rings. The molecule has 0 saturated heterocycles. The summed E-state index contributed by atoms with van der Waals surface area (Å²) >= 11 is 0. The Morgan fingerprint density at radius 3 is 2.81 bits per heavy atom. The minimum Gasteiger partial charge on any atom is -0.354 e. The van der Waals surface area contributed by atoms with E-state index in [0.717, 1.165) is 37.9 Å². The summed E-state index contributed by atoms with van der Waals surface area (Å²) in [5, 5.41) is 7.24. The van der Waals surface area contributed by atoms with Crippen LogP contribution in [0.25, 0.3) is 0 Å². The maximum atomic E-state index is 12.1. The summed E-state index contributed by atoms with van der Waals surface area (Å²) in [5.74, 6) is 0.596. The molecule has 0 aromatic carbocycles. The second-order valence-electron chi connectivity index (χ2n) is 6.40. The molecule has 0 saturated carbocycles.